The lowest BCUT2D eigenvalue weighted by Crippen LogP contribution is -2.42. The van der Waals surface area contributed by atoms with Crippen LogP contribution in [0.5, 0.6) is 0 Å². The molecule has 3 rings (SSSR count). The first-order chi connectivity index (χ1) is 10.1. The van der Waals surface area contributed by atoms with Gasteiger partial charge in [-0.3, -0.25) is 4.79 Å². The highest BCUT2D eigenvalue weighted by Crippen LogP contribution is 2.49. The number of rotatable bonds is 5. The van der Waals surface area contributed by atoms with Crippen molar-refractivity contribution in [1.82, 2.24) is 4.90 Å². The van der Waals surface area contributed by atoms with Gasteiger partial charge in [-0.05, 0) is 49.9 Å². The molecule has 3 unspecified atom stereocenters. The Morgan fingerprint density at radius 1 is 1.10 bits per heavy atom. The number of amides is 1. The van der Waals surface area contributed by atoms with Gasteiger partial charge in [0.1, 0.15) is 6.61 Å². The number of carbonyl (C=O) groups excluding carboxylic acids is 1. The van der Waals surface area contributed by atoms with Gasteiger partial charge in [0, 0.05) is 19.5 Å². The molecule has 0 spiro atoms. The first kappa shape index (κ1) is 14.8. The average Bonchev–Trinajstić information content (AvgIpc) is 3.08. The summed E-state index contributed by atoms with van der Waals surface area (Å²) in [5, 5.41) is 8.61. The highest BCUT2D eigenvalue weighted by atomic mass is 16.5. The summed E-state index contributed by atoms with van der Waals surface area (Å²) < 4.78 is 5.31. The molecule has 2 saturated carbocycles. The summed E-state index contributed by atoms with van der Waals surface area (Å²) in [5.74, 6) is 1.68. The molecule has 2 aliphatic carbocycles. The van der Waals surface area contributed by atoms with Gasteiger partial charge in [-0.25, -0.2) is 4.79 Å². The highest BCUT2D eigenvalue weighted by molar-refractivity contribution is 5.76. The van der Waals surface area contributed by atoms with Crippen molar-refractivity contribution in [3.63, 3.8) is 0 Å². The van der Waals surface area contributed by atoms with Crippen LogP contribution in [0.15, 0.2) is 0 Å². The lowest BCUT2D eigenvalue weighted by molar-refractivity contribution is -0.147. The van der Waals surface area contributed by atoms with Crippen molar-refractivity contribution in [2.24, 2.45) is 17.8 Å². The maximum absolute atomic E-state index is 12.4. The van der Waals surface area contributed by atoms with Crippen LogP contribution >= 0.6 is 0 Å². The van der Waals surface area contributed by atoms with E-state index in [2.05, 4.69) is 0 Å². The molecule has 0 aromatic heterocycles. The Morgan fingerprint density at radius 2 is 1.86 bits per heavy atom. The van der Waals surface area contributed by atoms with Crippen LogP contribution in [0.1, 0.15) is 44.9 Å². The molecular weight excluding hydrogens is 270 g/mol. The smallest absolute Gasteiger partial charge is 0.329 e. The van der Waals surface area contributed by atoms with Gasteiger partial charge in [-0.2, -0.15) is 0 Å². The summed E-state index contributed by atoms with van der Waals surface area (Å²) in [4.78, 5) is 24.8. The molecule has 2 bridgehead atoms. The number of likely N-dealkylation sites (tertiary alicyclic amines) is 1. The van der Waals surface area contributed by atoms with Gasteiger partial charge >= 0.3 is 5.97 Å². The van der Waals surface area contributed by atoms with Crippen LogP contribution in [0.2, 0.25) is 0 Å². The zero-order valence-corrected chi connectivity index (χ0v) is 12.5. The van der Waals surface area contributed by atoms with E-state index in [1.165, 1.54) is 25.7 Å². The normalized spacial score (nSPS) is 32.6. The van der Waals surface area contributed by atoms with Gasteiger partial charge in [0.25, 0.3) is 0 Å². The molecule has 1 N–H and O–H groups in total. The van der Waals surface area contributed by atoms with Crippen molar-refractivity contribution in [2.45, 2.75) is 51.0 Å². The molecule has 5 nitrogen and oxygen atoms in total. The topological polar surface area (TPSA) is 66.8 Å². The molecule has 5 heteroatoms. The van der Waals surface area contributed by atoms with E-state index in [1.54, 1.807) is 0 Å². The molecule has 1 heterocycles. The van der Waals surface area contributed by atoms with Gasteiger partial charge in [-0.15, -0.1) is 0 Å². The number of nitrogens with zero attached hydrogens (tertiary/aromatic N) is 1. The molecule has 1 saturated heterocycles. The highest BCUT2D eigenvalue weighted by Gasteiger charge is 2.40. The summed E-state index contributed by atoms with van der Waals surface area (Å²) in [6, 6.07) is 0. The van der Waals surface area contributed by atoms with Crippen LogP contribution in [0.3, 0.4) is 0 Å². The SMILES string of the molecule is O=C(O)COC1CCN(C(=O)CC2CC3CCC2C3)CC1. The largest absolute Gasteiger partial charge is 0.480 e. The second kappa shape index (κ2) is 6.34. The molecule has 0 aromatic carbocycles. The Bertz CT molecular complexity index is 403. The second-order valence-corrected chi connectivity index (χ2v) is 6.92. The molecule has 3 fully saturated rings. The van der Waals surface area contributed by atoms with Gasteiger partial charge in [0.2, 0.25) is 5.91 Å². The fourth-order valence-corrected chi connectivity index (χ4v) is 4.44. The van der Waals surface area contributed by atoms with E-state index >= 15 is 0 Å². The van der Waals surface area contributed by atoms with E-state index < -0.39 is 5.97 Å². The molecule has 3 aliphatic rings. The van der Waals surface area contributed by atoms with Crippen LogP contribution in [-0.2, 0) is 14.3 Å². The van der Waals surface area contributed by atoms with Crippen LogP contribution in [0.25, 0.3) is 0 Å². The van der Waals surface area contributed by atoms with Gasteiger partial charge in [-0.1, -0.05) is 6.42 Å². The van der Waals surface area contributed by atoms with Crippen molar-refractivity contribution >= 4 is 11.9 Å². The summed E-state index contributed by atoms with van der Waals surface area (Å²) in [6.45, 7) is 1.19. The lowest BCUT2D eigenvalue weighted by atomic mass is 9.86. The Hall–Kier alpha value is -1.10. The Labute approximate surface area is 125 Å². The first-order valence-corrected chi connectivity index (χ1v) is 8.23. The number of carbonyl (C=O) groups is 2. The Kier molecular flexibility index (Phi) is 4.48. The van der Waals surface area contributed by atoms with Gasteiger partial charge in [0.05, 0.1) is 6.10 Å². The molecule has 0 radical (unpaired) electrons. The maximum Gasteiger partial charge on any atom is 0.329 e. The van der Waals surface area contributed by atoms with E-state index in [-0.39, 0.29) is 12.7 Å². The molecule has 1 aliphatic heterocycles. The third-order valence-electron chi connectivity index (χ3n) is 5.56. The fraction of sp³-hybridized carbons (Fsp3) is 0.875. The number of carboxylic acid groups (broad SMARTS) is 1. The minimum absolute atomic E-state index is 0.00681. The monoisotopic (exact) mass is 295 g/mol. The van der Waals surface area contributed by atoms with Crippen molar-refractivity contribution < 1.29 is 19.4 Å². The summed E-state index contributed by atoms with van der Waals surface area (Å²) in [6.07, 6.45) is 7.55. The zero-order chi connectivity index (χ0) is 14.8. The Balaban J connectivity index is 1.40. The van der Waals surface area contributed by atoms with Crippen molar-refractivity contribution in [1.29, 1.82) is 0 Å². The second-order valence-electron chi connectivity index (χ2n) is 6.92. The van der Waals surface area contributed by atoms with Gasteiger partial charge in [0.15, 0.2) is 0 Å². The summed E-state index contributed by atoms with van der Waals surface area (Å²) >= 11 is 0. The molecule has 0 aromatic rings. The van der Waals surface area contributed by atoms with Gasteiger partial charge < -0.3 is 14.7 Å². The van der Waals surface area contributed by atoms with Crippen LogP contribution in [0.4, 0.5) is 0 Å². The number of hydrogen-bond donors (Lipinski definition) is 1. The van der Waals surface area contributed by atoms with Crippen LogP contribution in [0, 0.1) is 17.8 Å². The molecule has 21 heavy (non-hydrogen) atoms. The third kappa shape index (κ3) is 3.57. The number of carboxylic acids is 1. The number of ether oxygens (including phenoxy) is 1. The maximum atomic E-state index is 12.4. The molecule has 1 amide bonds. The third-order valence-corrected chi connectivity index (χ3v) is 5.56. The van der Waals surface area contributed by atoms with E-state index in [4.69, 9.17) is 9.84 Å². The van der Waals surface area contributed by atoms with Crippen LogP contribution in [-0.4, -0.2) is 47.7 Å². The quantitative estimate of drug-likeness (QED) is 0.841. The number of piperidine rings is 1. The zero-order valence-electron chi connectivity index (χ0n) is 12.5. The molecule has 118 valence electrons. The van der Waals surface area contributed by atoms with Crippen molar-refractivity contribution in [3.8, 4) is 0 Å². The molecular formula is C16H25NO4. The van der Waals surface area contributed by atoms with E-state index in [1.807, 2.05) is 4.90 Å². The van der Waals surface area contributed by atoms with E-state index in [9.17, 15) is 9.59 Å². The van der Waals surface area contributed by atoms with Crippen molar-refractivity contribution in [2.75, 3.05) is 19.7 Å². The lowest BCUT2D eigenvalue weighted by Gasteiger charge is -2.33. The number of fused-ring (bicyclic) bond motifs is 2. The Morgan fingerprint density at radius 3 is 2.43 bits per heavy atom. The fourth-order valence-electron chi connectivity index (χ4n) is 4.44. The number of hydrogen-bond acceptors (Lipinski definition) is 3. The predicted octanol–water partition coefficient (Wildman–Crippen LogP) is 1.90. The minimum atomic E-state index is -0.926. The summed E-state index contributed by atoms with van der Waals surface area (Å²) in [5.41, 5.74) is 0. The predicted molar refractivity (Wildman–Crippen MR) is 76.7 cm³/mol. The van der Waals surface area contributed by atoms with E-state index in [0.717, 1.165) is 31.1 Å². The van der Waals surface area contributed by atoms with Crippen LogP contribution < -0.4 is 0 Å². The number of aliphatic carboxylic acids is 1. The minimum Gasteiger partial charge on any atom is -0.480 e. The van der Waals surface area contributed by atoms with Crippen molar-refractivity contribution in [3.05, 3.63) is 0 Å². The standard InChI is InChI=1S/C16H25NO4/c18-15(9-13-8-11-1-2-12(13)7-11)17-5-3-14(4-6-17)21-10-16(19)20/h11-14H,1-10H2,(H,19,20). The summed E-state index contributed by atoms with van der Waals surface area (Å²) in [7, 11) is 0. The average molecular weight is 295 g/mol. The first-order valence-electron chi connectivity index (χ1n) is 8.23. The van der Waals surface area contributed by atoms with E-state index in [0.29, 0.717) is 24.9 Å². The molecule has 3 atom stereocenters.